The van der Waals surface area contributed by atoms with Crippen molar-refractivity contribution in [2.75, 3.05) is 0 Å². The average Bonchev–Trinajstić information content (AvgIpc) is 3.76. The molecule has 0 aliphatic heterocycles. The van der Waals surface area contributed by atoms with Crippen LogP contribution in [0.2, 0.25) is 0 Å². The number of furan rings is 1. The topological polar surface area (TPSA) is 51.8 Å². The van der Waals surface area contributed by atoms with Crippen LogP contribution in [0.25, 0.3) is 55.7 Å². The van der Waals surface area contributed by atoms with Crippen molar-refractivity contribution in [3.63, 3.8) is 0 Å². The molecule has 0 saturated heterocycles. The Bertz CT molecular complexity index is 3460. The molecular weight excluding hydrogens is 738 g/mol. The third kappa shape index (κ3) is 8.67. The zero-order valence-corrected chi connectivity index (χ0v) is 33.1. The first kappa shape index (κ1) is 25.7. The number of aromatic nitrogens is 3. The minimum atomic E-state index is -3.20. The van der Waals surface area contributed by atoms with E-state index in [-0.39, 0.29) is 39.1 Å². The molecule has 0 N–H and O–H groups in total. The van der Waals surface area contributed by atoms with Gasteiger partial charge in [-0.25, -0.2) is 4.39 Å². The van der Waals surface area contributed by atoms with Gasteiger partial charge in [-0.2, -0.15) is 0 Å². The Balaban J connectivity index is 1.18. The number of fused-ring (bicyclic) bond motifs is 3. The van der Waals surface area contributed by atoms with Crippen molar-refractivity contribution < 1.29 is 28.0 Å². The van der Waals surface area contributed by atoms with Crippen LogP contribution in [0.5, 0.6) is 0 Å². The molecule has 9 aromatic rings. The maximum absolute atomic E-state index is 14.7. The molecule has 60 heavy (non-hydrogen) atoms. The third-order valence-electron chi connectivity index (χ3n) is 9.95. The second-order valence-corrected chi connectivity index (χ2v) is 15.3. The van der Waals surface area contributed by atoms with Crippen molar-refractivity contribution in [1.29, 1.82) is 0 Å². The van der Waals surface area contributed by atoms with Crippen LogP contribution in [-0.4, -0.2) is 15.0 Å². The summed E-state index contributed by atoms with van der Waals surface area (Å²) in [5.41, 5.74) is 0.0948. The molecular formula is C55H48FN3O. The van der Waals surface area contributed by atoms with Gasteiger partial charge in [-0.15, -0.1) is 0 Å². The van der Waals surface area contributed by atoms with E-state index in [9.17, 15) is 20.8 Å². The molecule has 0 atom stereocenters. The molecule has 0 saturated carbocycles. The number of benzene rings is 5. The summed E-state index contributed by atoms with van der Waals surface area (Å²) in [4.78, 5) is 13.4. The predicted molar refractivity (Wildman–Crippen MR) is 244 cm³/mol. The van der Waals surface area contributed by atoms with E-state index in [2.05, 4.69) is 15.0 Å². The van der Waals surface area contributed by atoms with Crippen molar-refractivity contribution >= 4 is 21.9 Å². The van der Waals surface area contributed by atoms with Gasteiger partial charge in [0.25, 0.3) is 0 Å². The number of nitrogens with zero attached hydrogens (tertiary/aromatic N) is 3. The summed E-state index contributed by atoms with van der Waals surface area (Å²) in [6, 6.07) is 33.6. The van der Waals surface area contributed by atoms with Crippen LogP contribution >= 0.6 is 0 Å². The van der Waals surface area contributed by atoms with Crippen molar-refractivity contribution in [3.8, 4) is 33.8 Å². The molecule has 0 amide bonds. The number of hydrogen-bond acceptors (Lipinski definition) is 4. The summed E-state index contributed by atoms with van der Waals surface area (Å²) >= 11 is 0. The van der Waals surface area contributed by atoms with E-state index in [1.807, 2.05) is 60.7 Å². The predicted octanol–water partition coefficient (Wildman–Crippen LogP) is 13.6. The van der Waals surface area contributed by atoms with E-state index < -0.39 is 78.2 Å². The van der Waals surface area contributed by atoms with Crippen LogP contribution in [0.4, 0.5) is 4.39 Å². The molecule has 0 radical (unpaired) electrons. The molecule has 296 valence electrons. The summed E-state index contributed by atoms with van der Waals surface area (Å²) in [7, 11) is 0. The van der Waals surface area contributed by atoms with E-state index in [0.29, 0.717) is 27.7 Å². The van der Waals surface area contributed by atoms with Crippen LogP contribution in [0, 0.1) is 5.82 Å². The van der Waals surface area contributed by atoms with Gasteiger partial charge in [0, 0.05) is 68.5 Å². The molecule has 0 bridgehead atoms. The second-order valence-electron chi connectivity index (χ2n) is 15.3. The van der Waals surface area contributed by atoms with Gasteiger partial charge in [0.2, 0.25) is 0 Å². The minimum absolute atomic E-state index is 0.0788. The summed E-state index contributed by atoms with van der Waals surface area (Å²) in [6.45, 7) is 5.34. The highest BCUT2D eigenvalue weighted by Gasteiger charge is 2.22. The Morgan fingerprint density at radius 3 is 1.65 bits per heavy atom. The molecule has 0 aliphatic carbocycles. The highest BCUT2D eigenvalue weighted by Crippen LogP contribution is 2.37. The normalized spacial score (nSPS) is 16.6. The highest BCUT2D eigenvalue weighted by molar-refractivity contribution is 6.09. The third-order valence-corrected chi connectivity index (χ3v) is 9.95. The van der Waals surface area contributed by atoms with Gasteiger partial charge >= 0.3 is 0 Å². The van der Waals surface area contributed by atoms with Gasteiger partial charge in [-0.05, 0) is 119 Å². The minimum Gasteiger partial charge on any atom is -0.455 e. The zero-order chi connectivity index (χ0) is 53.6. The number of rotatable bonds is 12. The van der Waals surface area contributed by atoms with Crippen molar-refractivity contribution in [2.45, 2.75) is 64.4 Å². The fourth-order valence-electron chi connectivity index (χ4n) is 6.94. The number of para-hydroxylation sites is 1. The number of pyridine rings is 3. The summed E-state index contributed by atoms with van der Waals surface area (Å²) < 4.78 is 151. The van der Waals surface area contributed by atoms with Crippen molar-refractivity contribution in [2.24, 2.45) is 0 Å². The van der Waals surface area contributed by atoms with E-state index in [1.54, 1.807) is 45.0 Å². The summed E-state index contributed by atoms with van der Waals surface area (Å²) in [5, 5.41) is 0.807. The Labute approximate surface area is 371 Å². The monoisotopic (exact) mass is 799 g/mol. The van der Waals surface area contributed by atoms with Gasteiger partial charge in [-0.1, -0.05) is 124 Å². The van der Waals surface area contributed by atoms with Crippen LogP contribution < -0.4 is 0 Å². The van der Waals surface area contributed by atoms with Gasteiger partial charge in [-0.3, -0.25) is 15.0 Å². The lowest BCUT2D eigenvalue weighted by atomic mass is 9.82. The van der Waals surface area contributed by atoms with E-state index in [1.165, 1.54) is 48.9 Å². The molecule has 0 fully saturated rings. The van der Waals surface area contributed by atoms with Crippen molar-refractivity contribution in [1.82, 2.24) is 15.0 Å². The Morgan fingerprint density at radius 1 is 0.550 bits per heavy atom. The first-order chi connectivity index (χ1) is 34.6. The largest absolute Gasteiger partial charge is 0.455 e. The van der Waals surface area contributed by atoms with Gasteiger partial charge in [0.05, 0.1) is 19.8 Å². The lowest BCUT2D eigenvalue weighted by Crippen LogP contribution is -2.15. The van der Waals surface area contributed by atoms with Crippen LogP contribution in [-0.2, 0) is 43.7 Å². The molecule has 4 nitrogen and oxygen atoms in total. The Morgan fingerprint density at radius 2 is 1.10 bits per heavy atom. The lowest BCUT2D eigenvalue weighted by molar-refractivity contribution is 0.580. The highest BCUT2D eigenvalue weighted by atomic mass is 19.1. The standard InChI is InChI=1S/C55H48FN3O/c1-55(2,3)49-33-52(48-16-10-15-47-46-26-25-45(56)32-53(46)60-54(47)48)59-36-44(49)24-21-41-30-39(19-17-37-22-27-50(57-34-37)42-11-6-4-7-12-42)29-40(31-41)20-18-38-23-28-51(58-35-38)43-13-8-5-9-14-43/h4-16,22-23,25-36H,17-21,24H2,1-3H3/i17D2,18D2,19D2,20D2,21D2,24D2,25D,32D. The van der Waals surface area contributed by atoms with Crippen molar-refractivity contribution in [3.05, 3.63) is 209 Å². The fraction of sp³-hybridized carbons (Fsp3) is 0.182. The smallest absolute Gasteiger partial charge is 0.144 e. The molecule has 9 rings (SSSR count). The first-order valence-electron chi connectivity index (χ1n) is 26.4. The fourth-order valence-corrected chi connectivity index (χ4v) is 6.94. The zero-order valence-electron chi connectivity index (χ0n) is 47.1. The molecule has 4 aromatic heterocycles. The van der Waals surface area contributed by atoms with Gasteiger partial charge in [0.1, 0.15) is 17.0 Å². The van der Waals surface area contributed by atoms with Gasteiger partial charge < -0.3 is 4.42 Å². The molecule has 4 heterocycles. The van der Waals surface area contributed by atoms with E-state index >= 15 is 0 Å². The second kappa shape index (κ2) is 16.9. The number of halogens is 1. The maximum Gasteiger partial charge on any atom is 0.144 e. The van der Waals surface area contributed by atoms with Crippen LogP contribution in [0.1, 0.15) is 78.9 Å². The molecule has 5 aromatic carbocycles. The lowest BCUT2D eigenvalue weighted by Gasteiger charge is -2.24. The number of hydrogen-bond donors (Lipinski definition) is 0. The van der Waals surface area contributed by atoms with Gasteiger partial charge in [0.15, 0.2) is 0 Å². The Hall–Kier alpha value is -6.72. The van der Waals surface area contributed by atoms with Crippen LogP contribution in [0.3, 0.4) is 0 Å². The maximum atomic E-state index is 14.7. The quantitative estimate of drug-likeness (QED) is 0.123. The molecule has 0 spiro atoms. The summed E-state index contributed by atoms with van der Waals surface area (Å²) in [5.74, 6) is -1.05. The summed E-state index contributed by atoms with van der Waals surface area (Å²) in [6.07, 6.45) is -14.9. The Kier molecular flexibility index (Phi) is 7.22. The SMILES string of the molecule is [2H]c1cc2c(oc3c(-c4cc(C(C)(C)C)c(C([2H])([2H])C([2H])([2H])c5cc(C([2H])([2H])C([2H])([2H])c6ccc(-c7ccccc7)nc6)cc(C([2H])([2H])C([2H])([2H])c6ccc(-c7ccccc7)nc6)c5)cn4)cccc32)c([2H])c1F. The number of aryl methyl sites for hydroxylation is 6. The molecule has 5 heteroatoms. The molecule has 0 unspecified atom stereocenters. The van der Waals surface area contributed by atoms with Crippen LogP contribution in [0.15, 0.2) is 169 Å². The van der Waals surface area contributed by atoms with E-state index in [4.69, 9.17) is 7.16 Å². The first-order valence-corrected chi connectivity index (χ1v) is 19.4. The molecule has 0 aliphatic rings. The van der Waals surface area contributed by atoms with E-state index in [0.717, 1.165) is 29.3 Å². The average molecular weight is 800 g/mol.